The van der Waals surface area contributed by atoms with Gasteiger partial charge in [0.1, 0.15) is 36.4 Å². The molecule has 1 aliphatic heterocycles. The van der Waals surface area contributed by atoms with Crippen molar-refractivity contribution in [2.75, 3.05) is 27.7 Å². The molecule has 352 valence electrons. The van der Waals surface area contributed by atoms with Crippen LogP contribution in [-0.2, 0) is 52.6 Å². The van der Waals surface area contributed by atoms with Crippen LogP contribution in [0.3, 0.4) is 0 Å². The van der Waals surface area contributed by atoms with Gasteiger partial charge in [-0.3, -0.25) is 28.8 Å². The van der Waals surface area contributed by atoms with Crippen molar-refractivity contribution in [2.45, 2.75) is 165 Å². The molecule has 2 N–H and O–H groups in total. The van der Waals surface area contributed by atoms with E-state index < -0.39 is 120 Å². The van der Waals surface area contributed by atoms with Crippen molar-refractivity contribution in [3.05, 3.63) is 23.3 Å². The zero-order chi connectivity index (χ0) is 47.9. The number of nitrogens with one attached hydrogen (secondary N) is 2. The van der Waals surface area contributed by atoms with Gasteiger partial charge in [-0.05, 0) is 63.4 Å². The molecule has 1 heterocycles. The van der Waals surface area contributed by atoms with Gasteiger partial charge in [-0.2, -0.15) is 0 Å². The summed E-state index contributed by atoms with van der Waals surface area (Å²) in [4.78, 5) is 114. The molecule has 0 aliphatic carbocycles. The van der Waals surface area contributed by atoms with Gasteiger partial charge in [0.05, 0.1) is 6.54 Å². The highest BCUT2D eigenvalue weighted by Crippen LogP contribution is 2.27. The van der Waals surface area contributed by atoms with E-state index in [2.05, 4.69) is 10.6 Å². The highest BCUT2D eigenvalue weighted by Gasteiger charge is 2.40. The summed E-state index contributed by atoms with van der Waals surface area (Å²) in [5, 5.41) is 5.54. The van der Waals surface area contributed by atoms with Gasteiger partial charge in [0.2, 0.25) is 23.6 Å². The second-order valence-corrected chi connectivity index (χ2v) is 18.0. The van der Waals surface area contributed by atoms with E-state index in [1.165, 1.54) is 62.7 Å². The molecule has 9 atom stereocenters. The fourth-order valence-electron chi connectivity index (χ4n) is 7.12. The quantitative estimate of drug-likeness (QED) is 0.187. The summed E-state index contributed by atoms with van der Waals surface area (Å²) >= 11 is 0. The molecule has 16 nitrogen and oxygen atoms in total. The molecule has 5 amide bonds. The Morgan fingerprint density at radius 1 is 0.839 bits per heavy atom. The van der Waals surface area contributed by atoms with E-state index in [9.17, 15) is 38.4 Å². The Hall–Kier alpha value is -4.76. The van der Waals surface area contributed by atoms with E-state index in [1.54, 1.807) is 48.5 Å². The molecular formula is C46H77N5O11. The van der Waals surface area contributed by atoms with Gasteiger partial charge in [0, 0.05) is 51.9 Å². The predicted octanol–water partition coefficient (Wildman–Crippen LogP) is 4.59. The van der Waals surface area contributed by atoms with Crippen LogP contribution in [0.5, 0.6) is 0 Å². The number of rotatable bonds is 9. The maximum absolute atomic E-state index is 14.3. The summed E-state index contributed by atoms with van der Waals surface area (Å²) in [5.41, 5.74) is 0.801. The van der Waals surface area contributed by atoms with Gasteiger partial charge in [0.25, 0.3) is 5.91 Å². The van der Waals surface area contributed by atoms with E-state index >= 15 is 0 Å². The second kappa shape index (κ2) is 25.4. The fraction of sp³-hybridized carbons (Fsp3) is 0.739. The maximum Gasteiger partial charge on any atom is 0.334 e. The third kappa shape index (κ3) is 15.9. The molecule has 0 aromatic heterocycles. The first-order chi connectivity index (χ1) is 28.7. The molecule has 0 saturated carbocycles. The van der Waals surface area contributed by atoms with Gasteiger partial charge in [0.15, 0.2) is 6.10 Å². The summed E-state index contributed by atoms with van der Waals surface area (Å²) in [6.45, 7) is 23.6. The topological polar surface area (TPSA) is 198 Å². The normalized spacial score (nSPS) is 28.3. The maximum atomic E-state index is 14.3. The molecule has 62 heavy (non-hydrogen) atoms. The number of allylic oxidation sites excluding steroid dienone is 1. The first-order valence-electron chi connectivity index (χ1n) is 22.0. The number of carbonyl (C=O) groups is 8. The zero-order valence-electron chi connectivity index (χ0n) is 40.5. The highest BCUT2D eigenvalue weighted by molar-refractivity contribution is 5.96. The summed E-state index contributed by atoms with van der Waals surface area (Å²) in [6, 6.07) is -4.33. The lowest BCUT2D eigenvalue weighted by molar-refractivity contribution is -0.163. The molecule has 1 rings (SSSR count). The molecule has 0 fully saturated rings. The van der Waals surface area contributed by atoms with Crippen LogP contribution in [0.4, 0.5) is 0 Å². The van der Waals surface area contributed by atoms with Crippen LogP contribution in [0.15, 0.2) is 23.3 Å². The number of hydrogen-bond acceptors (Lipinski definition) is 11. The summed E-state index contributed by atoms with van der Waals surface area (Å²) in [7, 11) is 4.34. The van der Waals surface area contributed by atoms with Gasteiger partial charge in [-0.1, -0.05) is 81.4 Å². The van der Waals surface area contributed by atoms with Crippen LogP contribution in [0.25, 0.3) is 0 Å². The number of cyclic esters (lactones) is 2. The Bertz CT molecular complexity index is 1660. The minimum atomic E-state index is -1.29. The first kappa shape index (κ1) is 55.3. The van der Waals surface area contributed by atoms with E-state index in [-0.39, 0.29) is 24.3 Å². The fourth-order valence-corrected chi connectivity index (χ4v) is 7.12. The molecule has 16 heteroatoms. The molecule has 0 radical (unpaired) electrons. The number of likely N-dealkylation sites (N-methyl/N-ethyl adjacent to an activating group) is 3. The average Bonchev–Trinajstić information content (AvgIpc) is 3.20. The van der Waals surface area contributed by atoms with Crippen molar-refractivity contribution >= 4 is 47.4 Å². The molecule has 0 aromatic carbocycles. The largest absolute Gasteiger partial charge is 0.462 e. The number of esters is 3. The van der Waals surface area contributed by atoms with Crippen molar-refractivity contribution in [3.63, 3.8) is 0 Å². The smallest absolute Gasteiger partial charge is 0.334 e. The third-order valence-electron chi connectivity index (χ3n) is 11.5. The Balaban J connectivity index is 4.00. The van der Waals surface area contributed by atoms with Gasteiger partial charge in [-0.25, -0.2) is 9.59 Å². The van der Waals surface area contributed by atoms with Gasteiger partial charge in [-0.15, -0.1) is 0 Å². The third-order valence-corrected chi connectivity index (χ3v) is 11.5. The van der Waals surface area contributed by atoms with Crippen LogP contribution in [-0.4, -0.2) is 132 Å². The molecule has 1 aliphatic rings. The Morgan fingerprint density at radius 3 is 1.89 bits per heavy atom. The van der Waals surface area contributed by atoms with Crippen molar-refractivity contribution in [1.29, 1.82) is 0 Å². The van der Waals surface area contributed by atoms with Gasteiger partial charge >= 0.3 is 17.9 Å². The lowest BCUT2D eigenvalue weighted by Crippen LogP contribution is -2.59. The van der Waals surface area contributed by atoms with E-state index in [0.717, 1.165) is 0 Å². The van der Waals surface area contributed by atoms with E-state index in [1.807, 2.05) is 33.8 Å². The number of hydrogen-bond donors (Lipinski definition) is 2. The summed E-state index contributed by atoms with van der Waals surface area (Å²) in [5.74, 6) is -7.15. The number of ether oxygens (including phenoxy) is 3. The van der Waals surface area contributed by atoms with Crippen LogP contribution in [0, 0.1) is 29.6 Å². The lowest BCUT2D eigenvalue weighted by Gasteiger charge is -2.36. The first-order valence-corrected chi connectivity index (χ1v) is 22.0. The second-order valence-electron chi connectivity index (χ2n) is 18.0. The highest BCUT2D eigenvalue weighted by atomic mass is 16.6. The summed E-state index contributed by atoms with van der Waals surface area (Å²) in [6.07, 6.45) is 1.62. The molecule has 0 spiro atoms. The van der Waals surface area contributed by atoms with Crippen LogP contribution in [0.2, 0.25) is 0 Å². The predicted molar refractivity (Wildman–Crippen MR) is 236 cm³/mol. The molecule has 0 aromatic rings. The number of nitrogens with zero attached hydrogens (tertiary/aromatic N) is 3. The summed E-state index contributed by atoms with van der Waals surface area (Å²) < 4.78 is 17.7. The Labute approximate surface area is 370 Å². The van der Waals surface area contributed by atoms with E-state index in [0.29, 0.717) is 18.4 Å². The SMILES string of the molecule is CC/C=C(\C)C1OC(=O)[C@H](C)N(C)C(=O)C(C(C)C)NC(=O)CN(C)C(=O)[C@@H](CC(C)C)N(C)C(=O)[C@H](C(C)C)NC(=O)[C@@H]([C@@H](C)CC)OC(=O)/C(C)=C/C[C@H](OC(C)=O)[C@@H]1C. The standard InChI is InChI=1S/C46H77N5O11/c1-18-20-29(10)39-31(12)35(60-33(14)52)22-21-30(11)45(58)62-40(28(9)19-2)41(54)48-38(27(7)8)44(57)51(17)34(23-25(3)4)42(55)49(15)24-36(53)47-37(26(5)6)43(56)50(16)32(13)46(59)61-39/h20-21,25-28,31-32,34-35,37-40H,18-19,22-24H2,1-17H3,(H,47,53)(H,48,54)/b29-20+,30-21+/t28-,31-,32-,34+,35-,37?,38-,39?,40+/m0/s1. The minimum Gasteiger partial charge on any atom is -0.462 e. The molecular weight excluding hydrogens is 799 g/mol. The monoisotopic (exact) mass is 876 g/mol. The lowest BCUT2D eigenvalue weighted by atomic mass is 9.90. The molecule has 0 bridgehead atoms. The zero-order valence-corrected chi connectivity index (χ0v) is 40.5. The number of amides is 5. The number of carbonyl (C=O) groups excluding carboxylic acids is 8. The van der Waals surface area contributed by atoms with Crippen LogP contribution >= 0.6 is 0 Å². The van der Waals surface area contributed by atoms with Crippen molar-refractivity contribution in [2.24, 2.45) is 29.6 Å². The Morgan fingerprint density at radius 2 is 1.39 bits per heavy atom. The van der Waals surface area contributed by atoms with Crippen LogP contribution < -0.4 is 10.6 Å². The van der Waals surface area contributed by atoms with E-state index in [4.69, 9.17) is 14.2 Å². The van der Waals surface area contributed by atoms with Crippen molar-refractivity contribution < 1.29 is 52.6 Å². The average molecular weight is 876 g/mol. The molecule has 2 unspecified atom stereocenters. The van der Waals surface area contributed by atoms with Gasteiger partial charge < -0.3 is 39.5 Å². The van der Waals surface area contributed by atoms with Crippen molar-refractivity contribution in [1.82, 2.24) is 25.3 Å². The van der Waals surface area contributed by atoms with Crippen LogP contribution in [0.1, 0.15) is 123 Å². The van der Waals surface area contributed by atoms with Crippen molar-refractivity contribution in [3.8, 4) is 0 Å². The minimum absolute atomic E-state index is 0.0146. The molecule has 0 saturated heterocycles. The Kier molecular flexibility index (Phi) is 22.6.